The second kappa shape index (κ2) is 3.90. The van der Waals surface area contributed by atoms with Crippen molar-refractivity contribution in [3.05, 3.63) is 33.7 Å². The molecular weight excluding hydrogens is 190 g/mol. The Kier molecular flexibility index (Phi) is 2.85. The Morgan fingerprint density at radius 2 is 2.29 bits per heavy atom. The highest BCUT2D eigenvalue weighted by Crippen LogP contribution is 2.10. The van der Waals surface area contributed by atoms with Crippen molar-refractivity contribution < 1.29 is 14.8 Å². The topological polar surface area (TPSA) is 101 Å². The minimum absolute atomic E-state index is 0.202. The Hall–Kier alpha value is -1.86. The summed E-state index contributed by atoms with van der Waals surface area (Å²) in [5, 5.41) is 20.6. The first kappa shape index (κ1) is 10.2. The van der Waals surface area contributed by atoms with Gasteiger partial charge in [0.2, 0.25) is 5.82 Å². The lowest BCUT2D eigenvalue weighted by Crippen LogP contribution is -3.04. The molecule has 7 nitrogen and oxygen atoms in total. The van der Waals surface area contributed by atoms with E-state index in [0.29, 0.717) is 0 Å². The van der Waals surface area contributed by atoms with Crippen LogP contribution in [-0.4, -0.2) is 15.8 Å². The van der Waals surface area contributed by atoms with Gasteiger partial charge in [-0.1, -0.05) is 0 Å². The number of amides is 1. The van der Waals surface area contributed by atoms with Crippen molar-refractivity contribution in [2.45, 2.75) is 6.92 Å². The molecule has 0 aliphatic rings. The number of rotatable bonds is 2. The van der Waals surface area contributed by atoms with E-state index in [0.717, 1.165) is 25.3 Å². The summed E-state index contributed by atoms with van der Waals surface area (Å²) in [4.78, 5) is 23.9. The van der Waals surface area contributed by atoms with Crippen molar-refractivity contribution in [2.75, 3.05) is 0 Å². The lowest BCUT2D eigenvalue weighted by atomic mass is 10.4. The summed E-state index contributed by atoms with van der Waals surface area (Å²) in [6, 6.07) is 2.13. The third kappa shape index (κ3) is 2.09. The maximum atomic E-state index is 11.1. The fourth-order valence-electron chi connectivity index (χ4n) is 0.837. The molecule has 1 amide bonds. The molecule has 1 N–H and O–H groups in total. The summed E-state index contributed by atoms with van der Waals surface area (Å²) in [5.41, 5.74) is -0.260. The van der Waals surface area contributed by atoms with Crippen LogP contribution in [0, 0.1) is 15.3 Å². The molecule has 0 aromatic carbocycles. The largest absolute Gasteiger partial charge is 0.620 e. The molecule has 1 heterocycles. The van der Waals surface area contributed by atoms with Crippen molar-refractivity contribution in [3.8, 4) is 0 Å². The van der Waals surface area contributed by atoms with Gasteiger partial charge >= 0.3 is 5.91 Å². The number of carbonyl (C=O) groups is 1. The number of aromatic nitrogens is 1. The first-order valence-corrected chi connectivity index (χ1v) is 3.68. The van der Waals surface area contributed by atoms with E-state index in [1.807, 2.05) is 0 Å². The average Bonchev–Trinajstić information content (AvgIpc) is 2.16. The Morgan fingerprint density at radius 3 is 2.79 bits per heavy atom. The maximum absolute atomic E-state index is 11.1. The van der Waals surface area contributed by atoms with Crippen LogP contribution in [0.15, 0.2) is 18.3 Å². The van der Waals surface area contributed by atoms with E-state index in [4.69, 9.17) is 0 Å². The number of nitrogens with one attached hydrogen (secondary N) is 1. The van der Waals surface area contributed by atoms with Gasteiger partial charge in [0.1, 0.15) is 0 Å². The molecular formula is C7H7N3O4. The molecule has 74 valence electrons. The molecule has 1 aromatic rings. The number of hydrogen-bond donors (Lipinski definition) is 1. The number of quaternary nitrogens is 1. The molecule has 7 heteroatoms. The standard InChI is InChI=1S/C7H7N3O4/c1-5(11)9(12)7-4-6(10(13)14)2-3-8-7/h2-4,9H,1H3. The monoisotopic (exact) mass is 197 g/mol. The van der Waals surface area contributed by atoms with Crippen molar-refractivity contribution in [3.63, 3.8) is 0 Å². The van der Waals surface area contributed by atoms with Crippen LogP contribution in [0.4, 0.5) is 11.5 Å². The molecule has 1 unspecified atom stereocenters. The lowest BCUT2D eigenvalue weighted by Gasteiger charge is -2.14. The van der Waals surface area contributed by atoms with E-state index >= 15 is 0 Å². The molecule has 1 atom stereocenters. The summed E-state index contributed by atoms with van der Waals surface area (Å²) in [7, 11) is 0. The molecule has 0 radical (unpaired) electrons. The zero-order valence-corrected chi connectivity index (χ0v) is 7.26. The highest BCUT2D eigenvalue weighted by molar-refractivity contribution is 5.66. The van der Waals surface area contributed by atoms with Gasteiger partial charge in [-0.2, -0.15) is 0 Å². The van der Waals surface area contributed by atoms with Gasteiger partial charge in [0.15, 0.2) is 0 Å². The summed E-state index contributed by atoms with van der Waals surface area (Å²) in [6.45, 7) is 1.09. The van der Waals surface area contributed by atoms with Gasteiger partial charge in [-0.05, 0) is 0 Å². The summed E-state index contributed by atoms with van der Waals surface area (Å²) < 4.78 is 0. The van der Waals surface area contributed by atoms with E-state index in [9.17, 15) is 20.1 Å². The number of carbonyl (C=O) groups excluding carboxylic acids is 1. The zero-order valence-electron chi connectivity index (χ0n) is 7.26. The highest BCUT2D eigenvalue weighted by atomic mass is 16.6. The highest BCUT2D eigenvalue weighted by Gasteiger charge is 2.14. The van der Waals surface area contributed by atoms with Crippen molar-refractivity contribution in [1.82, 2.24) is 4.98 Å². The number of pyridine rings is 1. The lowest BCUT2D eigenvalue weighted by molar-refractivity contribution is -0.691. The van der Waals surface area contributed by atoms with E-state index < -0.39 is 15.9 Å². The van der Waals surface area contributed by atoms with E-state index in [1.165, 1.54) is 0 Å². The quantitative estimate of drug-likeness (QED) is 0.511. The van der Waals surface area contributed by atoms with Crippen LogP contribution in [0.25, 0.3) is 0 Å². The molecule has 1 aromatic heterocycles. The van der Waals surface area contributed by atoms with Crippen LogP contribution >= 0.6 is 0 Å². The molecule has 0 saturated carbocycles. The first-order chi connectivity index (χ1) is 6.52. The number of nitrogens with zero attached hydrogens (tertiary/aromatic N) is 2. The minimum atomic E-state index is -0.825. The van der Waals surface area contributed by atoms with Gasteiger partial charge in [-0.15, -0.1) is 0 Å². The maximum Gasteiger partial charge on any atom is 0.315 e. The van der Waals surface area contributed by atoms with Crippen LogP contribution in [0.2, 0.25) is 0 Å². The van der Waals surface area contributed by atoms with Gasteiger partial charge in [-0.3, -0.25) is 15.2 Å². The van der Waals surface area contributed by atoms with Crippen LogP contribution in [0.5, 0.6) is 0 Å². The predicted octanol–water partition coefficient (Wildman–Crippen LogP) is -0.450. The van der Waals surface area contributed by atoms with Crippen molar-refractivity contribution in [1.29, 1.82) is 0 Å². The molecule has 14 heavy (non-hydrogen) atoms. The van der Waals surface area contributed by atoms with Gasteiger partial charge in [0.05, 0.1) is 17.9 Å². The van der Waals surface area contributed by atoms with Crippen molar-refractivity contribution >= 4 is 17.4 Å². The Labute approximate surface area is 78.7 Å². The fourth-order valence-corrected chi connectivity index (χ4v) is 0.837. The van der Waals surface area contributed by atoms with Gasteiger partial charge < -0.3 is 5.21 Å². The second-order valence-corrected chi connectivity index (χ2v) is 2.54. The van der Waals surface area contributed by atoms with Gasteiger partial charge in [0, 0.05) is 12.3 Å². The normalized spacial score (nSPS) is 12.1. The molecule has 0 bridgehead atoms. The summed E-state index contributed by atoms with van der Waals surface area (Å²) in [5.74, 6) is -0.898. The van der Waals surface area contributed by atoms with Gasteiger partial charge in [0.25, 0.3) is 5.69 Å². The predicted molar refractivity (Wildman–Crippen MR) is 45.6 cm³/mol. The van der Waals surface area contributed by atoms with Crippen LogP contribution in [0.1, 0.15) is 6.92 Å². The van der Waals surface area contributed by atoms with E-state index in [1.54, 1.807) is 0 Å². The smallest absolute Gasteiger partial charge is 0.315 e. The summed E-state index contributed by atoms with van der Waals surface area (Å²) in [6.07, 6.45) is 1.12. The zero-order chi connectivity index (χ0) is 10.7. The Balaban J connectivity index is 3.05. The Morgan fingerprint density at radius 1 is 1.64 bits per heavy atom. The fraction of sp³-hybridized carbons (Fsp3) is 0.143. The molecule has 1 rings (SSSR count). The third-order valence-electron chi connectivity index (χ3n) is 1.51. The molecule has 0 fully saturated rings. The van der Waals surface area contributed by atoms with Crippen LogP contribution < -0.4 is 5.06 Å². The molecule has 0 aliphatic heterocycles. The molecule has 0 saturated heterocycles. The van der Waals surface area contributed by atoms with Crippen LogP contribution in [0.3, 0.4) is 0 Å². The van der Waals surface area contributed by atoms with E-state index in [2.05, 4.69) is 4.98 Å². The second-order valence-electron chi connectivity index (χ2n) is 2.54. The first-order valence-electron chi connectivity index (χ1n) is 3.68. The Bertz CT molecular complexity index is 379. The number of hydrogen-bond acceptors (Lipinski definition) is 5. The molecule has 0 aliphatic carbocycles. The average molecular weight is 197 g/mol. The SMILES string of the molecule is CC(=O)[NH+]([O-])c1cc([N+](=O)[O-])ccn1. The van der Waals surface area contributed by atoms with Crippen molar-refractivity contribution in [2.24, 2.45) is 0 Å². The number of hydroxylamine groups is 1. The number of nitro groups is 1. The third-order valence-corrected chi connectivity index (χ3v) is 1.51. The summed E-state index contributed by atoms with van der Waals surface area (Å²) >= 11 is 0. The van der Waals surface area contributed by atoms with Gasteiger partial charge in [-0.25, -0.2) is 9.78 Å². The van der Waals surface area contributed by atoms with E-state index in [-0.39, 0.29) is 11.5 Å². The van der Waals surface area contributed by atoms with Crippen LogP contribution in [-0.2, 0) is 4.79 Å². The molecule has 0 spiro atoms. The minimum Gasteiger partial charge on any atom is -0.620 e.